The lowest BCUT2D eigenvalue weighted by molar-refractivity contribution is -0.122. The summed E-state index contributed by atoms with van der Waals surface area (Å²) in [5.41, 5.74) is 0. The van der Waals surface area contributed by atoms with Gasteiger partial charge in [-0.2, -0.15) is 0 Å². The van der Waals surface area contributed by atoms with E-state index in [1.807, 2.05) is 0 Å². The highest BCUT2D eigenvalue weighted by atomic mass is 32.1. The zero-order chi connectivity index (χ0) is 11.5. The molecule has 1 aliphatic rings. The Balaban J connectivity index is 1.95. The maximum absolute atomic E-state index is 11.4. The number of carbonyl (C=O) groups is 2. The van der Waals surface area contributed by atoms with Gasteiger partial charge in [0, 0.05) is 5.92 Å². The first-order valence-corrected chi connectivity index (χ1v) is 5.91. The summed E-state index contributed by atoms with van der Waals surface area (Å²) in [6, 6.07) is 1.68. The van der Waals surface area contributed by atoms with Crippen LogP contribution in [-0.2, 0) is 9.53 Å². The lowest BCUT2D eigenvalue weighted by Crippen LogP contribution is -2.13. The summed E-state index contributed by atoms with van der Waals surface area (Å²) in [7, 11) is 1.32. The molecule has 5 heteroatoms. The van der Waals surface area contributed by atoms with Crippen LogP contribution in [0.5, 0.6) is 5.75 Å². The highest BCUT2D eigenvalue weighted by molar-refractivity contribution is 7.12. The van der Waals surface area contributed by atoms with Crippen LogP contribution in [-0.4, -0.2) is 25.5 Å². The van der Waals surface area contributed by atoms with Crippen molar-refractivity contribution < 1.29 is 19.1 Å². The predicted octanol–water partition coefficient (Wildman–Crippen LogP) is 1.89. The van der Waals surface area contributed by atoms with E-state index in [0.717, 1.165) is 12.8 Å². The van der Waals surface area contributed by atoms with Crippen LogP contribution < -0.4 is 4.74 Å². The number of hydrogen-bond donors (Lipinski definition) is 0. The van der Waals surface area contributed by atoms with Gasteiger partial charge in [-0.05, 0) is 24.3 Å². The molecule has 0 unspecified atom stereocenters. The molecule has 1 heterocycles. The third kappa shape index (κ3) is 2.41. The van der Waals surface area contributed by atoms with Crippen molar-refractivity contribution in [2.75, 3.05) is 13.7 Å². The van der Waals surface area contributed by atoms with Gasteiger partial charge in [-0.15, -0.1) is 11.3 Å². The lowest BCUT2D eigenvalue weighted by Gasteiger charge is -2.04. The number of ether oxygens (including phenoxy) is 2. The third-order valence-corrected chi connectivity index (χ3v) is 3.28. The largest absolute Gasteiger partial charge is 0.484 e. The number of ketones is 1. The Hall–Kier alpha value is -1.36. The summed E-state index contributed by atoms with van der Waals surface area (Å²) >= 11 is 1.25. The van der Waals surface area contributed by atoms with Crippen molar-refractivity contribution in [3.63, 3.8) is 0 Å². The second-order valence-corrected chi connectivity index (χ2v) is 4.55. The Morgan fingerprint density at radius 2 is 2.25 bits per heavy atom. The van der Waals surface area contributed by atoms with Gasteiger partial charge >= 0.3 is 5.97 Å². The van der Waals surface area contributed by atoms with Gasteiger partial charge < -0.3 is 9.47 Å². The fourth-order valence-electron chi connectivity index (χ4n) is 1.32. The van der Waals surface area contributed by atoms with Crippen molar-refractivity contribution in [1.29, 1.82) is 0 Å². The Labute approximate surface area is 97.2 Å². The molecule has 1 saturated carbocycles. The average molecular weight is 240 g/mol. The molecule has 0 amide bonds. The molecule has 86 valence electrons. The molecule has 1 aliphatic carbocycles. The van der Waals surface area contributed by atoms with Crippen LogP contribution in [0.1, 0.15) is 22.5 Å². The van der Waals surface area contributed by atoms with Gasteiger partial charge in [-0.1, -0.05) is 0 Å². The molecule has 0 spiro atoms. The Bertz CT molecular complexity index is 406. The van der Waals surface area contributed by atoms with Gasteiger partial charge in [0.1, 0.15) is 12.4 Å². The van der Waals surface area contributed by atoms with E-state index in [4.69, 9.17) is 4.74 Å². The van der Waals surface area contributed by atoms with Crippen molar-refractivity contribution in [3.05, 3.63) is 16.3 Å². The molecule has 1 fully saturated rings. The number of rotatable bonds is 5. The van der Waals surface area contributed by atoms with Gasteiger partial charge in [-0.25, -0.2) is 4.79 Å². The summed E-state index contributed by atoms with van der Waals surface area (Å²) < 4.78 is 9.93. The standard InChI is InChI=1S/C11H12O4S/c1-14-11(13)10-9(4-5-16-10)15-6-8(12)7-2-3-7/h4-5,7H,2-3,6H2,1H3. The number of hydrogen-bond acceptors (Lipinski definition) is 5. The Morgan fingerprint density at radius 3 is 2.88 bits per heavy atom. The summed E-state index contributed by atoms with van der Waals surface area (Å²) in [6.07, 6.45) is 1.94. The molecule has 0 saturated heterocycles. The second kappa shape index (κ2) is 4.65. The van der Waals surface area contributed by atoms with Gasteiger partial charge in [0.25, 0.3) is 0 Å². The fourth-order valence-corrected chi connectivity index (χ4v) is 2.08. The molecule has 2 rings (SSSR count). The van der Waals surface area contributed by atoms with Crippen LogP contribution >= 0.6 is 11.3 Å². The first-order valence-electron chi connectivity index (χ1n) is 5.03. The van der Waals surface area contributed by atoms with Gasteiger partial charge in [-0.3, -0.25) is 4.79 Å². The number of Topliss-reactive ketones (excluding diaryl/α,β-unsaturated/α-hetero) is 1. The molecular weight excluding hydrogens is 228 g/mol. The number of esters is 1. The number of thiophene rings is 1. The number of carbonyl (C=O) groups excluding carboxylic acids is 2. The highest BCUT2D eigenvalue weighted by Crippen LogP contribution is 2.31. The van der Waals surface area contributed by atoms with E-state index in [9.17, 15) is 9.59 Å². The SMILES string of the molecule is COC(=O)c1sccc1OCC(=O)C1CC1. The van der Waals surface area contributed by atoms with Crippen molar-refractivity contribution >= 4 is 23.1 Å². The van der Waals surface area contributed by atoms with E-state index in [1.165, 1.54) is 18.4 Å². The highest BCUT2D eigenvalue weighted by Gasteiger charge is 2.30. The molecule has 1 aromatic rings. The third-order valence-electron chi connectivity index (χ3n) is 2.40. The zero-order valence-corrected chi connectivity index (χ0v) is 9.71. The fraction of sp³-hybridized carbons (Fsp3) is 0.455. The maximum Gasteiger partial charge on any atom is 0.351 e. The predicted molar refractivity (Wildman–Crippen MR) is 58.9 cm³/mol. The normalized spacial score (nSPS) is 14.6. The van der Waals surface area contributed by atoms with E-state index < -0.39 is 5.97 Å². The summed E-state index contributed by atoms with van der Waals surface area (Å²) in [5, 5.41) is 1.74. The molecule has 0 atom stereocenters. The van der Waals surface area contributed by atoms with E-state index in [2.05, 4.69) is 4.74 Å². The molecule has 4 nitrogen and oxygen atoms in total. The van der Waals surface area contributed by atoms with Crippen molar-refractivity contribution in [2.45, 2.75) is 12.8 Å². The van der Waals surface area contributed by atoms with Gasteiger partial charge in [0.15, 0.2) is 10.7 Å². The summed E-state index contributed by atoms with van der Waals surface area (Å²) in [4.78, 5) is 23.1. The monoisotopic (exact) mass is 240 g/mol. The molecule has 0 bridgehead atoms. The van der Waals surface area contributed by atoms with Crippen LogP contribution in [0.3, 0.4) is 0 Å². The van der Waals surface area contributed by atoms with E-state index in [1.54, 1.807) is 11.4 Å². The first-order chi connectivity index (χ1) is 7.72. The van der Waals surface area contributed by atoms with E-state index in [-0.39, 0.29) is 18.3 Å². The Kier molecular flexibility index (Phi) is 3.24. The molecule has 16 heavy (non-hydrogen) atoms. The second-order valence-electron chi connectivity index (χ2n) is 3.63. The molecule has 0 aliphatic heterocycles. The zero-order valence-electron chi connectivity index (χ0n) is 8.89. The number of methoxy groups -OCH3 is 1. The summed E-state index contributed by atoms with van der Waals surface area (Å²) in [5.74, 6) is 0.303. The first kappa shape index (κ1) is 11.1. The maximum atomic E-state index is 11.4. The molecule has 1 aromatic heterocycles. The van der Waals surface area contributed by atoms with Gasteiger partial charge in [0.05, 0.1) is 7.11 Å². The quantitative estimate of drug-likeness (QED) is 0.737. The van der Waals surface area contributed by atoms with Crippen LogP contribution in [0.4, 0.5) is 0 Å². The minimum absolute atomic E-state index is 0.0470. The minimum atomic E-state index is -0.427. The van der Waals surface area contributed by atoms with Gasteiger partial charge in [0.2, 0.25) is 0 Å². The van der Waals surface area contributed by atoms with Crippen molar-refractivity contribution in [1.82, 2.24) is 0 Å². The van der Waals surface area contributed by atoms with E-state index in [0.29, 0.717) is 10.6 Å². The summed E-state index contributed by atoms with van der Waals surface area (Å²) in [6.45, 7) is 0.0470. The van der Waals surface area contributed by atoms with Crippen LogP contribution in [0.15, 0.2) is 11.4 Å². The minimum Gasteiger partial charge on any atom is -0.484 e. The molecule has 0 radical (unpaired) electrons. The topological polar surface area (TPSA) is 52.6 Å². The average Bonchev–Trinajstić information content (AvgIpc) is 3.04. The van der Waals surface area contributed by atoms with E-state index >= 15 is 0 Å². The van der Waals surface area contributed by atoms with Crippen LogP contribution in [0, 0.1) is 5.92 Å². The Morgan fingerprint density at radius 1 is 1.50 bits per heavy atom. The van der Waals surface area contributed by atoms with Crippen molar-refractivity contribution in [3.8, 4) is 5.75 Å². The van der Waals surface area contributed by atoms with Crippen LogP contribution in [0.25, 0.3) is 0 Å². The lowest BCUT2D eigenvalue weighted by atomic mass is 10.3. The smallest absolute Gasteiger partial charge is 0.351 e. The van der Waals surface area contributed by atoms with Crippen LogP contribution in [0.2, 0.25) is 0 Å². The van der Waals surface area contributed by atoms with Crippen molar-refractivity contribution in [2.24, 2.45) is 5.92 Å². The molecule has 0 N–H and O–H groups in total. The molecule has 0 aromatic carbocycles. The molecular formula is C11H12O4S.